The molecule has 1 N–H and O–H groups in total. The van der Waals surface area contributed by atoms with Crippen LogP contribution in [0.1, 0.15) is 40.5 Å². The molecule has 0 aromatic heterocycles. The van der Waals surface area contributed by atoms with Crippen LogP contribution in [-0.4, -0.2) is 50.4 Å². The molecule has 27 heavy (non-hydrogen) atoms. The summed E-state index contributed by atoms with van der Waals surface area (Å²) < 4.78 is 17.2. The van der Waals surface area contributed by atoms with Gasteiger partial charge >= 0.3 is 5.97 Å². The van der Waals surface area contributed by atoms with Crippen LogP contribution < -0.4 is 5.32 Å². The largest absolute Gasteiger partial charge is 0.455 e. The first-order valence-electron chi connectivity index (χ1n) is 9.49. The minimum Gasteiger partial charge on any atom is -0.455 e. The number of esters is 1. The first kappa shape index (κ1) is 23.1. The molecule has 0 saturated carbocycles. The molecule has 1 aliphatic rings. The number of allylic oxidation sites excluding steroid dienone is 5. The van der Waals surface area contributed by atoms with Crippen molar-refractivity contribution in [1.82, 2.24) is 5.32 Å². The molecule has 4 atom stereocenters. The SMILES string of the molecule is CCC/C=C/C=C/C=C(\C)[C@@H]1OC[C@H](C)[C@H](OC)[C@H]1OC(=O)CNC(C)=O. The van der Waals surface area contributed by atoms with Gasteiger partial charge in [0.25, 0.3) is 0 Å². The van der Waals surface area contributed by atoms with Gasteiger partial charge in [0.15, 0.2) is 6.10 Å². The number of carbonyl (C=O) groups is 2. The first-order chi connectivity index (χ1) is 12.9. The van der Waals surface area contributed by atoms with Gasteiger partial charge in [-0.15, -0.1) is 0 Å². The molecule has 0 aromatic rings. The third-order valence-electron chi connectivity index (χ3n) is 4.36. The fraction of sp³-hybridized carbons (Fsp3) is 0.619. The van der Waals surface area contributed by atoms with Gasteiger partial charge < -0.3 is 19.5 Å². The smallest absolute Gasteiger partial charge is 0.325 e. The highest BCUT2D eigenvalue weighted by molar-refractivity contribution is 5.80. The highest BCUT2D eigenvalue weighted by Crippen LogP contribution is 2.29. The van der Waals surface area contributed by atoms with Crippen LogP contribution in [0, 0.1) is 5.92 Å². The van der Waals surface area contributed by atoms with E-state index >= 15 is 0 Å². The van der Waals surface area contributed by atoms with Gasteiger partial charge in [-0.05, 0) is 18.9 Å². The lowest BCUT2D eigenvalue weighted by Gasteiger charge is -2.40. The summed E-state index contributed by atoms with van der Waals surface area (Å²) in [6, 6.07) is 0. The maximum absolute atomic E-state index is 12.1. The number of hydrogen-bond acceptors (Lipinski definition) is 5. The average Bonchev–Trinajstić information content (AvgIpc) is 2.63. The van der Waals surface area contributed by atoms with Crippen LogP contribution in [0.5, 0.6) is 0 Å². The van der Waals surface area contributed by atoms with Gasteiger partial charge in [0.1, 0.15) is 18.8 Å². The van der Waals surface area contributed by atoms with E-state index in [2.05, 4.69) is 18.3 Å². The molecule has 0 unspecified atom stereocenters. The Bertz CT molecular complexity index is 567. The van der Waals surface area contributed by atoms with Crippen molar-refractivity contribution in [2.75, 3.05) is 20.3 Å². The summed E-state index contributed by atoms with van der Waals surface area (Å²) in [6.07, 6.45) is 10.9. The summed E-state index contributed by atoms with van der Waals surface area (Å²) in [5.74, 6) is -0.701. The molecular weight excluding hydrogens is 346 g/mol. The first-order valence-corrected chi connectivity index (χ1v) is 9.49. The number of nitrogens with one attached hydrogen (secondary N) is 1. The fourth-order valence-electron chi connectivity index (χ4n) is 2.92. The summed E-state index contributed by atoms with van der Waals surface area (Å²) in [5, 5.41) is 2.45. The second kappa shape index (κ2) is 12.5. The lowest BCUT2D eigenvalue weighted by Crippen LogP contribution is -2.53. The molecule has 6 nitrogen and oxygen atoms in total. The van der Waals surface area contributed by atoms with Gasteiger partial charge in [-0.25, -0.2) is 0 Å². The molecule has 1 heterocycles. The van der Waals surface area contributed by atoms with Crippen molar-refractivity contribution < 1.29 is 23.8 Å². The molecule has 0 radical (unpaired) electrons. The number of ether oxygens (including phenoxy) is 3. The lowest BCUT2D eigenvalue weighted by molar-refractivity contribution is -0.191. The number of rotatable bonds is 9. The van der Waals surface area contributed by atoms with Crippen molar-refractivity contribution in [3.8, 4) is 0 Å². The van der Waals surface area contributed by atoms with E-state index in [0.717, 1.165) is 18.4 Å². The standard InChI is InChI=1S/C21H33NO5/c1-6-7-8-9-10-11-12-15(2)20-21(19(25-5)16(3)14-26-20)27-18(24)13-22-17(4)23/h8-12,16,19-21H,6-7,13-14H2,1-5H3,(H,22,23)/b9-8+,11-10+,15-12+/t16-,19-,20-,21+/m0/s1. The van der Waals surface area contributed by atoms with E-state index < -0.39 is 18.2 Å². The van der Waals surface area contributed by atoms with Gasteiger partial charge in [-0.3, -0.25) is 9.59 Å². The van der Waals surface area contributed by atoms with Gasteiger partial charge in [-0.1, -0.05) is 50.6 Å². The molecule has 1 fully saturated rings. The second-order valence-electron chi connectivity index (χ2n) is 6.81. The predicted octanol–water partition coefficient (Wildman–Crippen LogP) is 2.94. The number of amides is 1. The molecule has 0 aromatic carbocycles. The van der Waals surface area contributed by atoms with E-state index in [1.807, 2.05) is 38.2 Å². The van der Waals surface area contributed by atoms with E-state index in [1.165, 1.54) is 6.92 Å². The van der Waals surface area contributed by atoms with E-state index in [1.54, 1.807) is 7.11 Å². The van der Waals surface area contributed by atoms with E-state index in [0.29, 0.717) is 6.61 Å². The van der Waals surface area contributed by atoms with Crippen LogP contribution in [0.15, 0.2) is 36.0 Å². The predicted molar refractivity (Wildman–Crippen MR) is 105 cm³/mol. The Balaban J connectivity index is 2.85. The Morgan fingerprint density at radius 3 is 2.56 bits per heavy atom. The molecule has 152 valence electrons. The van der Waals surface area contributed by atoms with Crippen molar-refractivity contribution in [1.29, 1.82) is 0 Å². The molecule has 0 aliphatic carbocycles. The number of hydrogen-bond donors (Lipinski definition) is 1. The maximum atomic E-state index is 12.1. The normalized spacial score (nSPS) is 26.5. The fourth-order valence-corrected chi connectivity index (χ4v) is 2.92. The lowest BCUT2D eigenvalue weighted by atomic mass is 9.90. The summed E-state index contributed by atoms with van der Waals surface area (Å²) in [5.41, 5.74) is 0.946. The average molecular weight is 379 g/mol. The summed E-state index contributed by atoms with van der Waals surface area (Å²) in [7, 11) is 1.61. The van der Waals surface area contributed by atoms with Gasteiger partial charge in [0.2, 0.25) is 5.91 Å². The van der Waals surface area contributed by atoms with Crippen LogP contribution in [0.4, 0.5) is 0 Å². The minimum atomic E-state index is -0.569. The number of carbonyl (C=O) groups excluding carboxylic acids is 2. The van der Waals surface area contributed by atoms with Crippen LogP contribution in [0.2, 0.25) is 0 Å². The van der Waals surface area contributed by atoms with Crippen LogP contribution in [0.25, 0.3) is 0 Å². The van der Waals surface area contributed by atoms with Crippen molar-refractivity contribution in [2.45, 2.75) is 58.8 Å². The molecule has 1 rings (SSSR count). The zero-order valence-electron chi connectivity index (χ0n) is 17.1. The minimum absolute atomic E-state index is 0.0881. The quantitative estimate of drug-likeness (QED) is 0.492. The van der Waals surface area contributed by atoms with Crippen molar-refractivity contribution in [3.63, 3.8) is 0 Å². The van der Waals surface area contributed by atoms with Crippen LogP contribution >= 0.6 is 0 Å². The third kappa shape index (κ3) is 8.10. The molecule has 0 bridgehead atoms. The molecular formula is C21H33NO5. The van der Waals surface area contributed by atoms with Crippen molar-refractivity contribution >= 4 is 11.9 Å². The Kier molecular flexibility index (Phi) is 10.7. The van der Waals surface area contributed by atoms with Gasteiger partial charge in [0.05, 0.1) is 6.61 Å². The second-order valence-corrected chi connectivity index (χ2v) is 6.81. The van der Waals surface area contributed by atoms with Gasteiger partial charge in [-0.2, -0.15) is 0 Å². The van der Waals surface area contributed by atoms with E-state index in [-0.39, 0.29) is 24.5 Å². The Hall–Kier alpha value is -1.92. The van der Waals surface area contributed by atoms with Crippen molar-refractivity contribution in [3.05, 3.63) is 36.0 Å². The highest BCUT2D eigenvalue weighted by Gasteiger charge is 2.42. The molecule has 6 heteroatoms. The Labute approximate surface area is 162 Å². The monoisotopic (exact) mass is 379 g/mol. The highest BCUT2D eigenvalue weighted by atomic mass is 16.6. The van der Waals surface area contributed by atoms with Crippen LogP contribution in [-0.2, 0) is 23.8 Å². The van der Waals surface area contributed by atoms with E-state index in [9.17, 15) is 9.59 Å². The molecule has 1 aliphatic heterocycles. The number of methoxy groups -OCH3 is 1. The molecule has 1 saturated heterocycles. The number of unbranched alkanes of at least 4 members (excludes halogenated alkanes) is 1. The zero-order chi connectivity index (χ0) is 20.2. The van der Waals surface area contributed by atoms with E-state index in [4.69, 9.17) is 14.2 Å². The van der Waals surface area contributed by atoms with Gasteiger partial charge in [0, 0.05) is 20.0 Å². The Morgan fingerprint density at radius 1 is 1.19 bits per heavy atom. The zero-order valence-corrected chi connectivity index (χ0v) is 17.1. The summed E-state index contributed by atoms with van der Waals surface area (Å²) in [4.78, 5) is 23.1. The summed E-state index contributed by atoms with van der Waals surface area (Å²) in [6.45, 7) is 7.79. The van der Waals surface area contributed by atoms with Crippen LogP contribution in [0.3, 0.4) is 0 Å². The molecule has 1 amide bonds. The summed E-state index contributed by atoms with van der Waals surface area (Å²) >= 11 is 0. The third-order valence-corrected chi connectivity index (χ3v) is 4.36. The van der Waals surface area contributed by atoms with Crippen molar-refractivity contribution in [2.24, 2.45) is 5.92 Å². The topological polar surface area (TPSA) is 73.9 Å². The maximum Gasteiger partial charge on any atom is 0.325 e. The molecule has 0 spiro atoms. The Morgan fingerprint density at radius 2 is 1.93 bits per heavy atom.